The lowest BCUT2D eigenvalue weighted by atomic mass is 9.93. The molecule has 2 rings (SSSR count). The molecule has 5 heteroatoms. The highest BCUT2D eigenvalue weighted by molar-refractivity contribution is 5.91. The monoisotopic (exact) mass is 239 g/mol. The van der Waals surface area contributed by atoms with Gasteiger partial charge in [-0.2, -0.15) is 0 Å². The van der Waals surface area contributed by atoms with Crippen molar-refractivity contribution in [2.45, 2.75) is 32.2 Å². The normalized spacial score (nSPS) is 24.0. The van der Waals surface area contributed by atoms with E-state index >= 15 is 0 Å². The molecule has 1 aliphatic heterocycles. The van der Waals surface area contributed by atoms with Crippen molar-refractivity contribution in [3.8, 4) is 0 Å². The Morgan fingerprint density at radius 1 is 1.29 bits per heavy atom. The third-order valence-corrected chi connectivity index (χ3v) is 3.68. The summed E-state index contributed by atoms with van der Waals surface area (Å²) >= 11 is 0. The topological polar surface area (TPSA) is 61.4 Å². The third-order valence-electron chi connectivity index (χ3n) is 3.68. The molecule has 5 nitrogen and oxygen atoms in total. The lowest BCUT2D eigenvalue weighted by molar-refractivity contribution is -0.142. The summed E-state index contributed by atoms with van der Waals surface area (Å²) in [5.41, 5.74) is -0.691. The molecule has 1 saturated carbocycles. The van der Waals surface area contributed by atoms with Crippen molar-refractivity contribution in [2.75, 3.05) is 26.2 Å². The number of piperazine rings is 1. The molecular formula is C12H21N3O2. The van der Waals surface area contributed by atoms with Crippen LogP contribution in [0.3, 0.4) is 0 Å². The first-order valence-electron chi connectivity index (χ1n) is 6.33. The zero-order chi connectivity index (χ0) is 12.5. The Balaban J connectivity index is 2.08. The lowest BCUT2D eigenvalue weighted by Gasteiger charge is -2.37. The van der Waals surface area contributed by atoms with Crippen molar-refractivity contribution in [3.05, 3.63) is 0 Å². The second-order valence-corrected chi connectivity index (χ2v) is 5.20. The first-order chi connectivity index (χ1) is 8.04. The number of hydrogen-bond acceptors (Lipinski definition) is 3. The van der Waals surface area contributed by atoms with E-state index < -0.39 is 5.54 Å². The van der Waals surface area contributed by atoms with E-state index in [1.165, 1.54) is 6.92 Å². The van der Waals surface area contributed by atoms with Crippen LogP contribution in [0.4, 0.5) is 0 Å². The Bertz CT molecular complexity index is 322. The molecule has 1 unspecified atom stereocenters. The van der Waals surface area contributed by atoms with Gasteiger partial charge in [0.25, 0.3) is 0 Å². The Morgan fingerprint density at radius 3 is 2.35 bits per heavy atom. The zero-order valence-electron chi connectivity index (χ0n) is 10.6. The van der Waals surface area contributed by atoms with E-state index in [0.717, 1.165) is 39.0 Å². The average Bonchev–Trinajstić information content (AvgIpc) is 3.12. The molecule has 2 amide bonds. The van der Waals surface area contributed by atoms with Gasteiger partial charge in [-0.3, -0.25) is 9.59 Å². The van der Waals surface area contributed by atoms with Crippen molar-refractivity contribution < 1.29 is 9.59 Å². The van der Waals surface area contributed by atoms with Crippen LogP contribution in [0.1, 0.15) is 26.7 Å². The number of nitrogens with zero attached hydrogens (tertiary/aromatic N) is 1. The number of carbonyl (C=O) groups is 2. The largest absolute Gasteiger partial charge is 0.342 e. The Kier molecular flexibility index (Phi) is 3.38. The van der Waals surface area contributed by atoms with E-state index in [4.69, 9.17) is 0 Å². The minimum absolute atomic E-state index is 0.0803. The van der Waals surface area contributed by atoms with Gasteiger partial charge in [-0.25, -0.2) is 0 Å². The van der Waals surface area contributed by atoms with Gasteiger partial charge in [-0.1, -0.05) is 0 Å². The summed E-state index contributed by atoms with van der Waals surface area (Å²) in [7, 11) is 0. The molecular weight excluding hydrogens is 218 g/mol. The SMILES string of the molecule is CC(=O)NC(C)(C(=O)N1CCNCC1)C1CC1. The zero-order valence-corrected chi connectivity index (χ0v) is 10.6. The molecule has 17 heavy (non-hydrogen) atoms. The predicted molar refractivity (Wildman–Crippen MR) is 64.4 cm³/mol. The van der Waals surface area contributed by atoms with Crippen LogP contribution in [0, 0.1) is 5.92 Å². The minimum Gasteiger partial charge on any atom is -0.342 e. The summed E-state index contributed by atoms with van der Waals surface area (Å²) in [5, 5.41) is 6.09. The van der Waals surface area contributed by atoms with Crippen molar-refractivity contribution >= 4 is 11.8 Å². The van der Waals surface area contributed by atoms with E-state index in [2.05, 4.69) is 10.6 Å². The molecule has 2 N–H and O–H groups in total. The van der Waals surface area contributed by atoms with E-state index in [-0.39, 0.29) is 11.8 Å². The maximum atomic E-state index is 12.5. The van der Waals surface area contributed by atoms with E-state index in [1.807, 2.05) is 11.8 Å². The number of hydrogen-bond donors (Lipinski definition) is 2. The summed E-state index contributed by atoms with van der Waals surface area (Å²) < 4.78 is 0. The fourth-order valence-electron chi connectivity index (χ4n) is 2.55. The van der Waals surface area contributed by atoms with Crippen molar-refractivity contribution in [2.24, 2.45) is 5.92 Å². The highest BCUT2D eigenvalue weighted by atomic mass is 16.2. The van der Waals surface area contributed by atoms with Gasteiger partial charge in [0.15, 0.2) is 0 Å². The standard InChI is InChI=1S/C12H21N3O2/c1-9(16)14-12(2,10-3-4-10)11(17)15-7-5-13-6-8-15/h10,13H,3-8H2,1-2H3,(H,14,16). The second-order valence-electron chi connectivity index (χ2n) is 5.20. The molecule has 0 bridgehead atoms. The Labute approximate surface area is 102 Å². The molecule has 2 aliphatic rings. The van der Waals surface area contributed by atoms with Crippen LogP contribution in [-0.2, 0) is 9.59 Å². The quantitative estimate of drug-likeness (QED) is 0.712. The molecule has 1 heterocycles. The van der Waals surface area contributed by atoms with Gasteiger partial charge in [0.1, 0.15) is 5.54 Å². The van der Waals surface area contributed by atoms with Gasteiger partial charge in [-0.15, -0.1) is 0 Å². The highest BCUT2D eigenvalue weighted by Crippen LogP contribution is 2.40. The third kappa shape index (κ3) is 2.60. The summed E-state index contributed by atoms with van der Waals surface area (Å²) in [6.07, 6.45) is 2.07. The predicted octanol–water partition coefficient (Wildman–Crippen LogP) is -0.277. The molecule has 96 valence electrons. The molecule has 0 spiro atoms. The van der Waals surface area contributed by atoms with Gasteiger partial charge in [0, 0.05) is 33.1 Å². The van der Waals surface area contributed by atoms with Crippen molar-refractivity contribution in [3.63, 3.8) is 0 Å². The smallest absolute Gasteiger partial charge is 0.248 e. The number of amides is 2. The van der Waals surface area contributed by atoms with Gasteiger partial charge < -0.3 is 15.5 Å². The molecule has 1 aliphatic carbocycles. The molecule has 1 saturated heterocycles. The Morgan fingerprint density at radius 2 is 1.88 bits per heavy atom. The van der Waals surface area contributed by atoms with E-state index in [0.29, 0.717) is 5.92 Å². The lowest BCUT2D eigenvalue weighted by Crippen LogP contribution is -2.61. The van der Waals surface area contributed by atoms with Crippen LogP contribution in [0.25, 0.3) is 0 Å². The van der Waals surface area contributed by atoms with Crippen LogP contribution in [-0.4, -0.2) is 48.4 Å². The maximum Gasteiger partial charge on any atom is 0.248 e. The average molecular weight is 239 g/mol. The second kappa shape index (κ2) is 4.64. The first kappa shape index (κ1) is 12.4. The molecule has 1 atom stereocenters. The van der Waals surface area contributed by atoms with E-state index in [9.17, 15) is 9.59 Å². The molecule has 0 aromatic rings. The van der Waals surface area contributed by atoms with Crippen LogP contribution in [0.2, 0.25) is 0 Å². The summed E-state index contributed by atoms with van der Waals surface area (Å²) in [5.74, 6) is 0.272. The van der Waals surface area contributed by atoms with Crippen LogP contribution in [0.5, 0.6) is 0 Å². The number of rotatable bonds is 3. The van der Waals surface area contributed by atoms with Crippen molar-refractivity contribution in [1.29, 1.82) is 0 Å². The molecule has 0 radical (unpaired) electrons. The molecule has 0 aromatic heterocycles. The number of nitrogens with one attached hydrogen (secondary N) is 2. The maximum absolute atomic E-state index is 12.5. The van der Waals surface area contributed by atoms with Crippen LogP contribution in [0.15, 0.2) is 0 Å². The number of carbonyl (C=O) groups excluding carboxylic acids is 2. The fourth-order valence-corrected chi connectivity index (χ4v) is 2.55. The van der Waals surface area contributed by atoms with Gasteiger partial charge in [0.05, 0.1) is 0 Å². The van der Waals surface area contributed by atoms with Gasteiger partial charge in [-0.05, 0) is 25.7 Å². The first-order valence-corrected chi connectivity index (χ1v) is 6.33. The molecule has 2 fully saturated rings. The van der Waals surface area contributed by atoms with Crippen molar-refractivity contribution in [1.82, 2.24) is 15.5 Å². The summed E-state index contributed by atoms with van der Waals surface area (Å²) in [6.45, 7) is 6.50. The fraction of sp³-hybridized carbons (Fsp3) is 0.833. The van der Waals surface area contributed by atoms with Gasteiger partial charge in [0.2, 0.25) is 11.8 Å². The van der Waals surface area contributed by atoms with Crippen LogP contribution >= 0.6 is 0 Å². The summed E-state index contributed by atoms with van der Waals surface area (Å²) in [4.78, 5) is 25.7. The van der Waals surface area contributed by atoms with Gasteiger partial charge >= 0.3 is 0 Å². The van der Waals surface area contributed by atoms with E-state index in [1.54, 1.807) is 0 Å². The molecule has 0 aromatic carbocycles. The summed E-state index contributed by atoms with van der Waals surface area (Å²) in [6, 6.07) is 0. The highest BCUT2D eigenvalue weighted by Gasteiger charge is 2.49. The van der Waals surface area contributed by atoms with Crippen LogP contribution < -0.4 is 10.6 Å². The minimum atomic E-state index is -0.691. The Hall–Kier alpha value is -1.10.